The number of likely N-dealkylation sites (tertiary alicyclic amines) is 1. The number of quaternary nitrogens is 1. The SMILES string of the molecule is COc1ccc(C(=O)/C=C/c2ccc(OC)c(OC)c2)cc1C[NH+]1CCCCC1. The maximum atomic E-state index is 12.7. The molecule has 154 valence electrons. The molecule has 0 bridgehead atoms. The highest BCUT2D eigenvalue weighted by Gasteiger charge is 2.17. The van der Waals surface area contributed by atoms with Crippen LogP contribution in [0.3, 0.4) is 0 Å². The van der Waals surface area contributed by atoms with Gasteiger partial charge in [0, 0.05) is 11.1 Å². The number of carbonyl (C=O) groups excluding carboxylic acids is 1. The number of nitrogens with one attached hydrogen (secondary N) is 1. The van der Waals surface area contributed by atoms with Crippen LogP contribution in [0.4, 0.5) is 0 Å². The average molecular weight is 397 g/mol. The van der Waals surface area contributed by atoms with Gasteiger partial charge in [0.15, 0.2) is 17.3 Å². The zero-order chi connectivity index (χ0) is 20.6. The zero-order valence-corrected chi connectivity index (χ0v) is 17.5. The summed E-state index contributed by atoms with van der Waals surface area (Å²) in [5, 5.41) is 0. The average Bonchev–Trinajstić information content (AvgIpc) is 2.77. The van der Waals surface area contributed by atoms with E-state index in [1.54, 1.807) is 38.4 Å². The first-order chi connectivity index (χ1) is 14.1. The molecule has 0 aromatic heterocycles. The molecule has 3 rings (SSSR count). The fourth-order valence-corrected chi connectivity index (χ4v) is 3.79. The summed E-state index contributed by atoms with van der Waals surface area (Å²) in [6.07, 6.45) is 7.25. The molecule has 1 aliphatic rings. The van der Waals surface area contributed by atoms with Gasteiger partial charge in [0.1, 0.15) is 12.3 Å². The third kappa shape index (κ3) is 5.39. The molecule has 1 fully saturated rings. The summed E-state index contributed by atoms with van der Waals surface area (Å²) >= 11 is 0. The van der Waals surface area contributed by atoms with E-state index in [0.29, 0.717) is 17.1 Å². The largest absolute Gasteiger partial charge is 0.496 e. The molecule has 1 saturated heterocycles. The lowest BCUT2D eigenvalue weighted by molar-refractivity contribution is -0.918. The van der Waals surface area contributed by atoms with E-state index in [1.165, 1.54) is 32.4 Å². The summed E-state index contributed by atoms with van der Waals surface area (Å²) in [5.74, 6) is 2.12. The van der Waals surface area contributed by atoms with Crippen molar-refractivity contribution in [2.75, 3.05) is 34.4 Å². The predicted octanol–water partition coefficient (Wildman–Crippen LogP) is 3.18. The fourth-order valence-electron chi connectivity index (χ4n) is 3.79. The van der Waals surface area contributed by atoms with E-state index in [9.17, 15) is 4.79 Å². The molecule has 0 spiro atoms. The lowest BCUT2D eigenvalue weighted by Gasteiger charge is -2.24. The number of ether oxygens (including phenoxy) is 3. The van der Waals surface area contributed by atoms with Gasteiger partial charge < -0.3 is 19.1 Å². The van der Waals surface area contributed by atoms with E-state index < -0.39 is 0 Å². The molecule has 5 heteroatoms. The zero-order valence-electron chi connectivity index (χ0n) is 17.5. The lowest BCUT2D eigenvalue weighted by Crippen LogP contribution is -3.11. The number of ketones is 1. The number of piperidine rings is 1. The Bertz CT molecular complexity index is 869. The van der Waals surface area contributed by atoms with Crippen LogP contribution in [0.1, 0.15) is 40.7 Å². The molecule has 1 aliphatic heterocycles. The van der Waals surface area contributed by atoms with Gasteiger partial charge in [0.25, 0.3) is 0 Å². The van der Waals surface area contributed by atoms with Crippen LogP contribution in [0.25, 0.3) is 6.08 Å². The highest BCUT2D eigenvalue weighted by molar-refractivity contribution is 6.07. The van der Waals surface area contributed by atoms with Crippen LogP contribution in [-0.4, -0.2) is 40.2 Å². The molecular weight excluding hydrogens is 366 g/mol. The minimum Gasteiger partial charge on any atom is -0.496 e. The van der Waals surface area contributed by atoms with Crippen LogP contribution >= 0.6 is 0 Å². The van der Waals surface area contributed by atoms with E-state index in [1.807, 2.05) is 36.4 Å². The summed E-state index contributed by atoms with van der Waals surface area (Å²) in [7, 11) is 4.88. The standard InChI is InChI=1S/C24H29NO4/c1-27-22-12-9-19(16-20(22)17-25-13-5-4-6-14-25)21(26)10-7-18-8-11-23(28-2)24(15-18)29-3/h7-12,15-16H,4-6,13-14,17H2,1-3H3/p+1/b10-7+. The maximum Gasteiger partial charge on any atom is 0.185 e. The van der Waals surface area contributed by atoms with Crippen molar-refractivity contribution in [3.05, 3.63) is 59.2 Å². The maximum absolute atomic E-state index is 12.7. The van der Waals surface area contributed by atoms with E-state index in [2.05, 4.69) is 0 Å². The number of methoxy groups -OCH3 is 3. The van der Waals surface area contributed by atoms with Gasteiger partial charge in [-0.2, -0.15) is 0 Å². The first kappa shape index (κ1) is 20.9. The highest BCUT2D eigenvalue weighted by atomic mass is 16.5. The molecule has 1 heterocycles. The summed E-state index contributed by atoms with van der Waals surface area (Å²) in [4.78, 5) is 14.3. The Kier molecular flexibility index (Phi) is 7.30. The molecule has 5 nitrogen and oxygen atoms in total. The second-order valence-corrected chi connectivity index (χ2v) is 7.33. The van der Waals surface area contributed by atoms with Gasteiger partial charge in [-0.3, -0.25) is 4.79 Å². The minimum absolute atomic E-state index is 0.0302. The lowest BCUT2D eigenvalue weighted by atomic mass is 10.0. The molecule has 2 aromatic rings. The van der Waals surface area contributed by atoms with Crippen molar-refractivity contribution >= 4 is 11.9 Å². The van der Waals surface area contributed by atoms with Crippen LogP contribution in [-0.2, 0) is 6.54 Å². The van der Waals surface area contributed by atoms with Gasteiger partial charge in [0.2, 0.25) is 0 Å². The van der Waals surface area contributed by atoms with Crippen molar-refractivity contribution in [1.29, 1.82) is 0 Å². The molecular formula is C24H30NO4+. The fraction of sp³-hybridized carbons (Fsp3) is 0.375. The molecule has 0 radical (unpaired) electrons. The van der Waals surface area contributed by atoms with Gasteiger partial charge >= 0.3 is 0 Å². The summed E-state index contributed by atoms with van der Waals surface area (Å²) in [6, 6.07) is 11.3. The number of hydrogen-bond donors (Lipinski definition) is 1. The number of allylic oxidation sites excluding steroid dienone is 1. The van der Waals surface area contributed by atoms with Crippen molar-refractivity contribution in [3.8, 4) is 17.2 Å². The number of hydrogen-bond acceptors (Lipinski definition) is 4. The third-order valence-corrected chi connectivity index (χ3v) is 5.40. The van der Waals surface area contributed by atoms with Crippen LogP contribution in [0.5, 0.6) is 17.2 Å². The summed E-state index contributed by atoms with van der Waals surface area (Å²) < 4.78 is 16.1. The molecule has 2 aromatic carbocycles. The molecule has 0 amide bonds. The quantitative estimate of drug-likeness (QED) is 0.550. The van der Waals surface area contributed by atoms with Crippen LogP contribution in [0.2, 0.25) is 0 Å². The molecule has 1 N–H and O–H groups in total. The van der Waals surface area contributed by atoms with Crippen molar-refractivity contribution in [3.63, 3.8) is 0 Å². The van der Waals surface area contributed by atoms with Gasteiger partial charge in [-0.15, -0.1) is 0 Å². The number of benzene rings is 2. The second-order valence-electron chi connectivity index (χ2n) is 7.33. The topological polar surface area (TPSA) is 49.2 Å². The minimum atomic E-state index is -0.0302. The summed E-state index contributed by atoms with van der Waals surface area (Å²) in [6.45, 7) is 3.25. The van der Waals surface area contributed by atoms with Crippen LogP contribution in [0.15, 0.2) is 42.5 Å². The van der Waals surface area contributed by atoms with Gasteiger partial charge in [-0.1, -0.05) is 12.1 Å². The van der Waals surface area contributed by atoms with Crippen molar-refractivity contribution < 1.29 is 23.9 Å². The Labute approximate surface area is 172 Å². The molecule has 0 unspecified atom stereocenters. The number of rotatable bonds is 8. The van der Waals surface area contributed by atoms with Crippen LogP contribution < -0.4 is 19.1 Å². The van der Waals surface area contributed by atoms with E-state index in [0.717, 1.165) is 23.4 Å². The Morgan fingerprint density at radius 2 is 1.59 bits per heavy atom. The van der Waals surface area contributed by atoms with Gasteiger partial charge in [-0.05, 0) is 61.2 Å². The smallest absolute Gasteiger partial charge is 0.185 e. The van der Waals surface area contributed by atoms with E-state index in [4.69, 9.17) is 14.2 Å². The number of carbonyl (C=O) groups is 1. The van der Waals surface area contributed by atoms with Gasteiger partial charge in [-0.25, -0.2) is 0 Å². The predicted molar refractivity (Wildman–Crippen MR) is 114 cm³/mol. The third-order valence-electron chi connectivity index (χ3n) is 5.40. The Hall–Kier alpha value is -2.79. The molecule has 0 atom stereocenters. The van der Waals surface area contributed by atoms with Crippen molar-refractivity contribution in [2.24, 2.45) is 0 Å². The van der Waals surface area contributed by atoms with E-state index in [-0.39, 0.29) is 5.78 Å². The van der Waals surface area contributed by atoms with Gasteiger partial charge in [0.05, 0.1) is 34.4 Å². The van der Waals surface area contributed by atoms with Crippen molar-refractivity contribution in [2.45, 2.75) is 25.8 Å². The summed E-state index contributed by atoms with van der Waals surface area (Å²) in [5.41, 5.74) is 2.64. The van der Waals surface area contributed by atoms with Crippen LogP contribution in [0, 0.1) is 0 Å². The molecule has 0 aliphatic carbocycles. The second kappa shape index (κ2) is 10.1. The Balaban J connectivity index is 1.76. The first-order valence-corrected chi connectivity index (χ1v) is 10.1. The van der Waals surface area contributed by atoms with Crippen molar-refractivity contribution in [1.82, 2.24) is 0 Å². The molecule has 0 saturated carbocycles. The first-order valence-electron chi connectivity index (χ1n) is 10.1. The molecule has 29 heavy (non-hydrogen) atoms. The Morgan fingerprint density at radius 3 is 2.28 bits per heavy atom. The Morgan fingerprint density at radius 1 is 0.897 bits per heavy atom. The monoisotopic (exact) mass is 396 g/mol. The highest BCUT2D eigenvalue weighted by Crippen LogP contribution is 2.28. The van der Waals surface area contributed by atoms with E-state index >= 15 is 0 Å². The normalized spacial score (nSPS) is 14.7.